The molecule has 2 aromatic carbocycles. The number of hydrogen-bond donors (Lipinski definition) is 1. The highest BCUT2D eigenvalue weighted by molar-refractivity contribution is 9.11. The van der Waals surface area contributed by atoms with Crippen molar-refractivity contribution in [3.05, 3.63) is 230 Å². The van der Waals surface area contributed by atoms with Gasteiger partial charge in [-0.15, -0.1) is 0 Å². The highest BCUT2D eigenvalue weighted by Crippen LogP contribution is 2.37. The van der Waals surface area contributed by atoms with Gasteiger partial charge in [0.2, 0.25) is 0 Å². The number of hydrogen-bond acceptors (Lipinski definition) is 13. The summed E-state index contributed by atoms with van der Waals surface area (Å²) >= 11 is 45.9. The van der Waals surface area contributed by atoms with Crippen molar-refractivity contribution in [1.82, 2.24) is 57.7 Å². The Labute approximate surface area is 663 Å². The van der Waals surface area contributed by atoms with Crippen molar-refractivity contribution in [2.75, 3.05) is 21.3 Å². The number of nitrogens with zero attached hydrogens (tertiary/aromatic N) is 12. The molecule has 544 valence electrons. The lowest BCUT2D eigenvalue weighted by Gasteiger charge is -2.10. The second-order valence-corrected chi connectivity index (χ2v) is 31.2. The molecule has 0 saturated heterocycles. The third-order valence-electron chi connectivity index (χ3n) is 13.8. The summed E-state index contributed by atoms with van der Waals surface area (Å²) in [5, 5.41) is 35.8. The maximum Gasteiger partial charge on any atom is 0.534 e. The second kappa shape index (κ2) is 37.5. The number of rotatable bonds is 8. The smallest absolute Gasteiger partial charge is 0.506 e. The van der Waals surface area contributed by atoms with Crippen molar-refractivity contribution in [2.24, 2.45) is 0 Å². The molecule has 0 aliphatic carbocycles. The minimum absolute atomic E-state index is 0. The molecule has 0 aliphatic rings. The largest absolute Gasteiger partial charge is 0.534 e. The molecular formula is C68H67B2Br5Cl5F3N12O7S. The van der Waals surface area contributed by atoms with E-state index in [1.807, 2.05) is 48.9 Å². The van der Waals surface area contributed by atoms with Gasteiger partial charge in [0.1, 0.15) is 65.1 Å². The van der Waals surface area contributed by atoms with Gasteiger partial charge in [0.15, 0.2) is 5.75 Å². The molecule has 2 radical (unpaired) electrons. The third kappa shape index (κ3) is 22.4. The standard InChI is InChI=1S/C16H14BClN2.C10H14.C8H3BrClF3N2O3S.2C8H6BrClN2O.C8H7BrN2O.C7H4BrClN2O.C3H9B.2H2/c1-10(2)11-3-5-12(6-4-11)14-7-13(17)9-20-16(14)15(18)8-19-20;1-8(2)10-6-4-9(3)5-7-10;9-4-1-6(18-19(16,17)8(11,12)13)7-5(10)2-14-15(7)3-4;2*1-13-7-2-5(9)4-12-8(7)6(10)3-11-12;1-12-8-4-6(9)5-11-7(8)2-3-10-11;8-4-1-6(12)7-5(9)2-10-11(7)3-4;1-4(2)3;;/h3-10H,1-2H3;4-8H,1-3H3;1-3H;2*2-4H,1H3;2-5H,1H3;1-3,12H;1-3H3;2*1H/i;;;;;;;;2*1+1. The van der Waals surface area contributed by atoms with E-state index in [0.29, 0.717) is 54.4 Å². The SMILES string of the molecule is CB(C)C.COc1cc(Br)cn2ncc(Cl)c12.COc1cc(Br)cn2ncc(Cl)c12.COc1cc(Br)cn2nccc12.Cc1ccc(C(C)C)cc1.O=S(=O)(Oc1cc(Br)cn2ncc(Cl)c12)C(F)(F)F.Oc1cc(Br)cn2ncc(Cl)c12.[2HH].[2HH].[B]c1cc(-c2ccc(C(C)C)cc2)c2c(Cl)cnn2c1. The van der Waals surface area contributed by atoms with Gasteiger partial charge in [-0.1, -0.05) is 172 Å². The van der Waals surface area contributed by atoms with Crippen LogP contribution in [0.2, 0.25) is 45.6 Å². The maximum absolute atomic E-state index is 12.3. The Bertz CT molecular complexity index is 5250. The van der Waals surface area contributed by atoms with Crippen LogP contribution in [0.1, 0.15) is 59.1 Å². The van der Waals surface area contributed by atoms with Crippen LogP contribution in [-0.4, -0.2) is 113 Å². The van der Waals surface area contributed by atoms with Crippen molar-refractivity contribution < 1.29 is 47.9 Å². The first-order valence-corrected chi connectivity index (χ1v) is 37.6. The molecule has 0 atom stereocenters. The van der Waals surface area contributed by atoms with Crippen LogP contribution in [0.25, 0.3) is 44.2 Å². The average Bonchev–Trinajstić information content (AvgIpc) is 1.75. The monoisotopic (exact) mass is 1850 g/mol. The molecule has 0 saturated carbocycles. The summed E-state index contributed by atoms with van der Waals surface area (Å²) in [5.74, 6) is 2.95. The number of ether oxygens (including phenoxy) is 3. The van der Waals surface area contributed by atoms with Crippen molar-refractivity contribution in [1.29, 1.82) is 0 Å². The van der Waals surface area contributed by atoms with Crippen molar-refractivity contribution >= 4 is 201 Å². The van der Waals surface area contributed by atoms with E-state index in [9.17, 15) is 26.7 Å². The van der Waals surface area contributed by atoms with Crippen LogP contribution >= 0.6 is 138 Å². The fraction of sp³-hybridized carbons (Fsp3) is 0.206. The summed E-state index contributed by atoms with van der Waals surface area (Å²) in [6.07, 6.45) is 19.6. The number of methoxy groups -OCH3 is 3. The number of fused-ring (bicyclic) bond motifs is 6. The Kier molecular flexibility index (Phi) is 30.4. The van der Waals surface area contributed by atoms with Crippen molar-refractivity contribution in [3.63, 3.8) is 0 Å². The van der Waals surface area contributed by atoms with Gasteiger partial charge in [-0.3, -0.25) is 0 Å². The summed E-state index contributed by atoms with van der Waals surface area (Å²) in [6.45, 7) is 18.2. The van der Waals surface area contributed by atoms with Gasteiger partial charge in [-0.2, -0.15) is 52.2 Å². The van der Waals surface area contributed by atoms with Gasteiger partial charge in [0.05, 0.1) is 89.1 Å². The molecule has 0 amide bonds. The number of aromatic hydroxyl groups is 1. The number of pyridine rings is 6. The molecule has 12 heterocycles. The number of aryl methyl sites for hydroxylation is 1. The van der Waals surface area contributed by atoms with Gasteiger partial charge in [0.25, 0.3) is 0 Å². The van der Waals surface area contributed by atoms with Crippen LogP contribution in [0.15, 0.2) is 188 Å². The summed E-state index contributed by atoms with van der Waals surface area (Å²) in [7, 11) is 5.02. The highest BCUT2D eigenvalue weighted by Gasteiger charge is 2.49. The average molecular weight is 1850 g/mol. The molecule has 14 aromatic rings. The molecule has 14 rings (SSSR count). The van der Waals surface area contributed by atoms with Gasteiger partial charge in [-0.05, 0) is 151 Å². The molecule has 1 N–H and O–H groups in total. The molecule has 0 bridgehead atoms. The summed E-state index contributed by atoms with van der Waals surface area (Å²) in [5.41, 5.74) is 5.18. The van der Waals surface area contributed by atoms with Crippen LogP contribution in [-0.2, 0) is 10.1 Å². The van der Waals surface area contributed by atoms with E-state index < -0.39 is 21.4 Å². The lowest BCUT2D eigenvalue weighted by Crippen LogP contribution is -2.28. The Morgan fingerprint density at radius 2 is 0.835 bits per heavy atom. The topological polar surface area (TPSA) is 195 Å². The number of alkyl halides is 3. The lowest BCUT2D eigenvalue weighted by molar-refractivity contribution is -0.0499. The first-order chi connectivity index (χ1) is 48.5. The fourth-order valence-corrected chi connectivity index (χ4v) is 12.7. The highest BCUT2D eigenvalue weighted by atomic mass is 79.9. The molecule has 103 heavy (non-hydrogen) atoms. The van der Waals surface area contributed by atoms with E-state index in [0.717, 1.165) is 80.3 Å². The van der Waals surface area contributed by atoms with Gasteiger partial charge in [0, 0.05) is 68.0 Å². The Hall–Kier alpha value is -6.70. The quantitative estimate of drug-likeness (QED) is 0.0858. The molecule has 19 nitrogen and oxygen atoms in total. The van der Waals surface area contributed by atoms with Crippen LogP contribution in [0, 0.1) is 6.92 Å². The first-order valence-electron chi connectivity index (χ1n) is 30.4. The van der Waals surface area contributed by atoms with Gasteiger partial charge >= 0.3 is 15.6 Å². The number of aromatic nitrogens is 12. The molecular weight excluding hydrogens is 1780 g/mol. The zero-order valence-electron chi connectivity index (χ0n) is 56.5. The summed E-state index contributed by atoms with van der Waals surface area (Å²) < 4.78 is 91.6. The Balaban J connectivity index is 0.000000220. The van der Waals surface area contributed by atoms with E-state index in [4.69, 9.17) is 80.1 Å². The molecule has 0 aliphatic heterocycles. The second-order valence-electron chi connectivity index (χ2n) is 23.1. The van der Waals surface area contributed by atoms with E-state index in [1.165, 1.54) is 33.6 Å². The zero-order chi connectivity index (χ0) is 75.9. The maximum atomic E-state index is 12.3. The predicted molar refractivity (Wildman–Crippen MR) is 429 cm³/mol. The molecule has 0 fully saturated rings. The van der Waals surface area contributed by atoms with Crippen LogP contribution in [0.4, 0.5) is 13.2 Å². The van der Waals surface area contributed by atoms with E-state index in [-0.39, 0.29) is 23.6 Å². The van der Waals surface area contributed by atoms with E-state index in [2.05, 4.69) is 218 Å². The normalized spacial score (nSPS) is 11.0. The van der Waals surface area contributed by atoms with E-state index >= 15 is 0 Å². The molecule has 0 unspecified atom stereocenters. The molecule has 0 spiro atoms. The van der Waals surface area contributed by atoms with Crippen LogP contribution in [0.3, 0.4) is 0 Å². The Morgan fingerprint density at radius 1 is 0.495 bits per heavy atom. The van der Waals surface area contributed by atoms with Crippen molar-refractivity contribution in [2.45, 2.75) is 72.4 Å². The van der Waals surface area contributed by atoms with E-state index in [1.54, 1.807) is 82.6 Å². The van der Waals surface area contributed by atoms with Crippen LogP contribution < -0.4 is 23.9 Å². The zero-order valence-corrected chi connectivity index (χ0v) is 69.0. The first kappa shape index (κ1) is 83.6. The molecule has 35 heteroatoms. The predicted octanol–water partition coefficient (Wildman–Crippen LogP) is 21.6. The number of halogens is 13. The van der Waals surface area contributed by atoms with Crippen molar-refractivity contribution in [3.8, 4) is 39.9 Å². The summed E-state index contributed by atoms with van der Waals surface area (Å²) in [6, 6.07) is 29.3. The minimum Gasteiger partial charge on any atom is -0.506 e. The fourth-order valence-electron chi connectivity index (χ4n) is 9.08. The van der Waals surface area contributed by atoms with Crippen LogP contribution in [0.5, 0.6) is 28.7 Å². The van der Waals surface area contributed by atoms with Gasteiger partial charge < -0.3 is 23.5 Å². The minimum atomic E-state index is -5.77. The molecule has 12 aromatic heterocycles. The lowest BCUT2D eigenvalue weighted by atomic mass is 9.58. The summed E-state index contributed by atoms with van der Waals surface area (Å²) in [4.78, 5) is 0. The van der Waals surface area contributed by atoms with Gasteiger partial charge in [-0.25, -0.2) is 27.1 Å². The number of benzene rings is 2. The Morgan fingerprint density at radius 3 is 1.24 bits per heavy atom. The third-order valence-corrected chi connectivity index (χ3v) is 18.3.